The van der Waals surface area contributed by atoms with Crippen molar-refractivity contribution in [2.45, 2.75) is 26.5 Å². The van der Waals surface area contributed by atoms with Gasteiger partial charge >= 0.3 is 6.61 Å². The Bertz CT molecular complexity index is 678. The van der Waals surface area contributed by atoms with E-state index < -0.39 is 6.61 Å². The van der Waals surface area contributed by atoms with Gasteiger partial charge in [0.15, 0.2) is 0 Å². The molecule has 0 spiro atoms. The first-order valence-electron chi connectivity index (χ1n) is 7.71. The van der Waals surface area contributed by atoms with Crippen molar-refractivity contribution >= 4 is 11.6 Å². The van der Waals surface area contributed by atoms with Gasteiger partial charge in [0.25, 0.3) is 0 Å². The molecule has 1 amide bonds. The van der Waals surface area contributed by atoms with Crippen LogP contribution < -0.4 is 15.4 Å². The number of hydrogen-bond acceptors (Lipinski definition) is 3. The molecule has 0 radical (unpaired) electrons. The van der Waals surface area contributed by atoms with E-state index in [0.29, 0.717) is 17.8 Å². The van der Waals surface area contributed by atoms with Crippen LogP contribution in [-0.2, 0) is 17.8 Å². The standard InChI is InChI=1S/C18H20F2N2O2/c1-2-21-12-14-8-3-5-9-15(14)22-17(23)11-13-7-4-6-10-16(13)24-18(19)20/h3-10,18,21H,2,11-12H2,1H3,(H,22,23). The predicted octanol–water partition coefficient (Wildman–Crippen LogP) is 3.58. The number of nitrogens with one attached hydrogen (secondary N) is 2. The molecule has 0 aliphatic rings. The van der Waals surface area contributed by atoms with Gasteiger partial charge in [-0.25, -0.2) is 0 Å². The van der Waals surface area contributed by atoms with Crippen LogP contribution in [0.5, 0.6) is 5.75 Å². The zero-order valence-corrected chi connectivity index (χ0v) is 13.4. The van der Waals surface area contributed by atoms with E-state index in [0.717, 1.165) is 12.1 Å². The number of ether oxygens (including phenoxy) is 1. The van der Waals surface area contributed by atoms with Crippen LogP contribution >= 0.6 is 0 Å². The third kappa shape index (κ3) is 5.31. The van der Waals surface area contributed by atoms with Crippen molar-refractivity contribution in [3.63, 3.8) is 0 Å². The summed E-state index contributed by atoms with van der Waals surface area (Å²) in [5, 5.41) is 6.03. The number of rotatable bonds is 8. The summed E-state index contributed by atoms with van der Waals surface area (Å²) in [6, 6.07) is 13.8. The molecule has 0 saturated carbocycles. The van der Waals surface area contributed by atoms with Crippen molar-refractivity contribution < 1.29 is 18.3 Å². The maximum Gasteiger partial charge on any atom is 0.387 e. The minimum Gasteiger partial charge on any atom is -0.435 e. The zero-order chi connectivity index (χ0) is 17.4. The molecule has 2 aromatic carbocycles. The fourth-order valence-corrected chi connectivity index (χ4v) is 2.28. The van der Waals surface area contributed by atoms with E-state index in [-0.39, 0.29) is 18.1 Å². The lowest BCUT2D eigenvalue weighted by Crippen LogP contribution is -2.19. The molecule has 0 aliphatic heterocycles. The Morgan fingerprint density at radius 1 is 1.08 bits per heavy atom. The van der Waals surface area contributed by atoms with Crippen molar-refractivity contribution in [1.29, 1.82) is 0 Å². The first-order chi connectivity index (χ1) is 11.6. The maximum atomic E-state index is 12.4. The molecule has 128 valence electrons. The first-order valence-corrected chi connectivity index (χ1v) is 7.71. The van der Waals surface area contributed by atoms with Crippen LogP contribution in [0.1, 0.15) is 18.1 Å². The Morgan fingerprint density at radius 3 is 2.46 bits per heavy atom. The minimum absolute atomic E-state index is 0.0172. The van der Waals surface area contributed by atoms with Gasteiger partial charge in [0, 0.05) is 17.8 Å². The van der Waals surface area contributed by atoms with Gasteiger partial charge in [0.2, 0.25) is 5.91 Å². The van der Waals surface area contributed by atoms with Gasteiger partial charge in [-0.05, 0) is 24.2 Å². The molecule has 4 nitrogen and oxygen atoms in total. The summed E-state index contributed by atoms with van der Waals surface area (Å²) in [4.78, 5) is 12.3. The fourth-order valence-electron chi connectivity index (χ4n) is 2.28. The first kappa shape index (κ1) is 17.9. The summed E-state index contributed by atoms with van der Waals surface area (Å²) in [6.07, 6.45) is -0.0432. The molecule has 0 aliphatic carbocycles. The number of halogens is 2. The second-order valence-corrected chi connectivity index (χ2v) is 5.15. The largest absolute Gasteiger partial charge is 0.435 e. The number of para-hydroxylation sites is 2. The Kier molecular flexibility index (Phi) is 6.69. The van der Waals surface area contributed by atoms with E-state index >= 15 is 0 Å². The molecule has 0 bridgehead atoms. The predicted molar refractivity (Wildman–Crippen MR) is 89.2 cm³/mol. The molecular weight excluding hydrogens is 314 g/mol. The van der Waals surface area contributed by atoms with Crippen LogP contribution in [0.3, 0.4) is 0 Å². The van der Waals surface area contributed by atoms with Gasteiger partial charge in [-0.2, -0.15) is 8.78 Å². The molecule has 6 heteroatoms. The van der Waals surface area contributed by atoms with E-state index in [1.165, 1.54) is 6.07 Å². The molecule has 0 aromatic heterocycles. The van der Waals surface area contributed by atoms with Crippen LogP contribution in [0.15, 0.2) is 48.5 Å². The summed E-state index contributed by atoms with van der Waals surface area (Å²) < 4.78 is 29.3. The summed E-state index contributed by atoms with van der Waals surface area (Å²) >= 11 is 0. The zero-order valence-electron chi connectivity index (χ0n) is 13.4. The minimum atomic E-state index is -2.92. The maximum absolute atomic E-state index is 12.4. The number of hydrogen-bond donors (Lipinski definition) is 2. The smallest absolute Gasteiger partial charge is 0.387 e. The lowest BCUT2D eigenvalue weighted by molar-refractivity contribution is -0.115. The highest BCUT2D eigenvalue weighted by atomic mass is 19.3. The second kappa shape index (κ2) is 8.98. The molecule has 0 saturated heterocycles. The van der Waals surface area contributed by atoms with Gasteiger partial charge in [0.05, 0.1) is 6.42 Å². The molecule has 2 rings (SSSR count). The molecule has 0 unspecified atom stereocenters. The normalized spacial score (nSPS) is 10.7. The number of amides is 1. The van der Waals surface area contributed by atoms with Crippen LogP contribution in [0.4, 0.5) is 14.5 Å². The average Bonchev–Trinajstić information content (AvgIpc) is 2.55. The molecule has 2 aromatic rings. The van der Waals surface area contributed by atoms with E-state index in [2.05, 4.69) is 15.4 Å². The molecule has 24 heavy (non-hydrogen) atoms. The monoisotopic (exact) mass is 334 g/mol. The van der Waals surface area contributed by atoms with E-state index in [1.807, 2.05) is 31.2 Å². The van der Waals surface area contributed by atoms with E-state index in [9.17, 15) is 13.6 Å². The highest BCUT2D eigenvalue weighted by molar-refractivity contribution is 5.93. The third-order valence-corrected chi connectivity index (χ3v) is 3.40. The van der Waals surface area contributed by atoms with Gasteiger partial charge in [0.1, 0.15) is 5.75 Å². The van der Waals surface area contributed by atoms with Crippen LogP contribution in [0.2, 0.25) is 0 Å². The quantitative estimate of drug-likeness (QED) is 0.776. The summed E-state index contributed by atoms with van der Waals surface area (Å²) in [6.45, 7) is 0.537. The Balaban J connectivity index is 2.07. The second-order valence-electron chi connectivity index (χ2n) is 5.15. The van der Waals surface area contributed by atoms with Crippen LogP contribution in [0.25, 0.3) is 0 Å². The third-order valence-electron chi connectivity index (χ3n) is 3.40. The Labute approximate surface area is 139 Å². The van der Waals surface area contributed by atoms with Gasteiger partial charge in [-0.3, -0.25) is 4.79 Å². The van der Waals surface area contributed by atoms with Gasteiger partial charge in [-0.1, -0.05) is 43.3 Å². The highest BCUT2D eigenvalue weighted by Gasteiger charge is 2.13. The molecule has 0 atom stereocenters. The lowest BCUT2D eigenvalue weighted by Gasteiger charge is -2.13. The summed E-state index contributed by atoms with van der Waals surface area (Å²) in [5.41, 5.74) is 2.08. The number of carbonyl (C=O) groups excluding carboxylic acids is 1. The fraction of sp³-hybridized carbons (Fsp3) is 0.278. The average molecular weight is 334 g/mol. The van der Waals surface area contributed by atoms with Gasteiger partial charge < -0.3 is 15.4 Å². The Hall–Kier alpha value is -2.47. The highest BCUT2D eigenvalue weighted by Crippen LogP contribution is 2.22. The lowest BCUT2D eigenvalue weighted by atomic mass is 10.1. The number of benzene rings is 2. The van der Waals surface area contributed by atoms with Crippen molar-refractivity contribution in [2.24, 2.45) is 0 Å². The summed E-state index contributed by atoms with van der Waals surface area (Å²) in [5.74, 6) is -0.271. The molecule has 2 N–H and O–H groups in total. The molecule has 0 heterocycles. The molecule has 0 fully saturated rings. The summed E-state index contributed by atoms with van der Waals surface area (Å²) in [7, 11) is 0. The van der Waals surface area contributed by atoms with Crippen molar-refractivity contribution in [2.75, 3.05) is 11.9 Å². The van der Waals surface area contributed by atoms with Crippen molar-refractivity contribution in [3.05, 3.63) is 59.7 Å². The van der Waals surface area contributed by atoms with Crippen LogP contribution in [-0.4, -0.2) is 19.1 Å². The van der Waals surface area contributed by atoms with Crippen LogP contribution in [0, 0.1) is 0 Å². The Morgan fingerprint density at radius 2 is 1.75 bits per heavy atom. The van der Waals surface area contributed by atoms with E-state index in [1.54, 1.807) is 18.2 Å². The van der Waals surface area contributed by atoms with Crippen molar-refractivity contribution in [3.8, 4) is 5.75 Å². The topological polar surface area (TPSA) is 50.4 Å². The van der Waals surface area contributed by atoms with Gasteiger partial charge in [-0.15, -0.1) is 0 Å². The van der Waals surface area contributed by atoms with Crippen molar-refractivity contribution in [1.82, 2.24) is 5.32 Å². The number of anilines is 1. The SMILES string of the molecule is CCNCc1ccccc1NC(=O)Cc1ccccc1OC(F)F. The number of alkyl halides is 2. The number of carbonyl (C=O) groups is 1. The van der Waals surface area contributed by atoms with E-state index in [4.69, 9.17) is 0 Å². The molecular formula is C18H20F2N2O2.